The van der Waals surface area contributed by atoms with Crippen LogP contribution in [0.3, 0.4) is 0 Å². The number of anilines is 3. The fourth-order valence-corrected chi connectivity index (χ4v) is 5.65. The van der Waals surface area contributed by atoms with Crippen molar-refractivity contribution in [3.05, 3.63) is 35.9 Å². The van der Waals surface area contributed by atoms with Crippen LogP contribution in [0.2, 0.25) is 0 Å². The molecule has 0 aliphatic carbocycles. The second-order valence-electron chi connectivity index (χ2n) is 9.82. The number of carbonyl (C=O) groups excluding carboxylic acids is 1. The Labute approximate surface area is 197 Å². The number of hydrogen-bond acceptors (Lipinski definition) is 7. The van der Waals surface area contributed by atoms with E-state index in [0.29, 0.717) is 0 Å². The van der Waals surface area contributed by atoms with Crippen LogP contribution in [-0.2, 0) is 10.2 Å². The van der Waals surface area contributed by atoms with Crippen LogP contribution >= 0.6 is 0 Å². The molecule has 3 fully saturated rings. The molecule has 7 heteroatoms. The number of Topliss-reactive ketones (excluding diaryl/α,β-unsaturated/α-hetero) is 1. The molecule has 2 aromatic rings. The van der Waals surface area contributed by atoms with Gasteiger partial charge in [0.1, 0.15) is 5.78 Å². The second-order valence-corrected chi connectivity index (χ2v) is 9.82. The number of aromatic nitrogens is 3. The van der Waals surface area contributed by atoms with Gasteiger partial charge in [0.15, 0.2) is 0 Å². The summed E-state index contributed by atoms with van der Waals surface area (Å²) in [6, 6.07) is 10.3. The van der Waals surface area contributed by atoms with Gasteiger partial charge in [0.25, 0.3) is 0 Å². The van der Waals surface area contributed by atoms with Crippen molar-refractivity contribution in [3.63, 3.8) is 0 Å². The predicted molar refractivity (Wildman–Crippen MR) is 132 cm³/mol. The van der Waals surface area contributed by atoms with Crippen molar-refractivity contribution in [2.75, 3.05) is 54.0 Å². The zero-order chi connectivity index (χ0) is 22.7. The third kappa shape index (κ3) is 4.55. The van der Waals surface area contributed by atoms with Crippen LogP contribution in [0.25, 0.3) is 0 Å². The highest BCUT2D eigenvalue weighted by Gasteiger charge is 2.41. The minimum atomic E-state index is -0.407. The number of piperidine rings is 3. The molecule has 3 aliphatic heterocycles. The van der Waals surface area contributed by atoms with Crippen LogP contribution in [-0.4, -0.2) is 60.0 Å². The molecule has 3 saturated heterocycles. The lowest BCUT2D eigenvalue weighted by atomic mass is 9.70. The molecule has 1 aromatic heterocycles. The zero-order valence-corrected chi connectivity index (χ0v) is 19.9. The average Bonchev–Trinajstić information content (AvgIpc) is 2.90. The Balaban J connectivity index is 1.42. The molecule has 0 amide bonds. The maximum atomic E-state index is 12.8. The summed E-state index contributed by atoms with van der Waals surface area (Å²) < 4.78 is 0. The van der Waals surface area contributed by atoms with Gasteiger partial charge in [0.05, 0.1) is 5.41 Å². The molecular weight excluding hydrogens is 412 g/mol. The molecule has 7 nitrogen and oxygen atoms in total. The van der Waals surface area contributed by atoms with Crippen molar-refractivity contribution < 1.29 is 4.79 Å². The highest BCUT2D eigenvalue weighted by molar-refractivity contribution is 5.88. The summed E-state index contributed by atoms with van der Waals surface area (Å²) in [4.78, 5) is 34.6. The van der Waals surface area contributed by atoms with Gasteiger partial charge in [-0.05, 0) is 63.9 Å². The lowest BCUT2D eigenvalue weighted by Gasteiger charge is -2.41. The molecule has 33 heavy (non-hydrogen) atoms. The van der Waals surface area contributed by atoms with Gasteiger partial charge in [-0.2, -0.15) is 15.0 Å². The van der Waals surface area contributed by atoms with Gasteiger partial charge in [-0.25, -0.2) is 0 Å². The van der Waals surface area contributed by atoms with E-state index in [1.807, 2.05) is 18.2 Å². The fourth-order valence-electron chi connectivity index (χ4n) is 5.65. The first-order chi connectivity index (χ1) is 16.2. The summed E-state index contributed by atoms with van der Waals surface area (Å²) in [6.45, 7) is 7.37. The fraction of sp³-hybridized carbons (Fsp3) is 0.615. The van der Waals surface area contributed by atoms with E-state index in [0.717, 1.165) is 75.5 Å². The maximum absolute atomic E-state index is 12.8. The third-order valence-electron chi connectivity index (χ3n) is 7.78. The summed E-state index contributed by atoms with van der Waals surface area (Å²) in [5.41, 5.74) is 0.728. The lowest BCUT2D eigenvalue weighted by molar-refractivity contribution is -0.123. The Bertz CT molecular complexity index is 908. The molecule has 3 aliphatic rings. The van der Waals surface area contributed by atoms with Gasteiger partial charge in [0.2, 0.25) is 17.8 Å². The highest BCUT2D eigenvalue weighted by Crippen LogP contribution is 2.37. The molecule has 4 heterocycles. The van der Waals surface area contributed by atoms with Gasteiger partial charge in [-0.15, -0.1) is 0 Å². The predicted octanol–water partition coefficient (Wildman–Crippen LogP) is 3.98. The van der Waals surface area contributed by atoms with Crippen LogP contribution in [0.15, 0.2) is 30.3 Å². The van der Waals surface area contributed by atoms with E-state index < -0.39 is 5.41 Å². The van der Waals surface area contributed by atoms with E-state index >= 15 is 0 Å². The summed E-state index contributed by atoms with van der Waals surface area (Å²) >= 11 is 0. The number of benzene rings is 1. The first-order valence-electron chi connectivity index (χ1n) is 12.7. The topological polar surface area (TPSA) is 65.5 Å². The summed E-state index contributed by atoms with van der Waals surface area (Å²) in [5, 5.41) is 0. The van der Waals surface area contributed by atoms with Gasteiger partial charge in [-0.3, -0.25) is 4.79 Å². The monoisotopic (exact) mass is 448 g/mol. The van der Waals surface area contributed by atoms with E-state index in [4.69, 9.17) is 15.0 Å². The van der Waals surface area contributed by atoms with E-state index in [2.05, 4.69) is 26.8 Å². The molecule has 0 unspecified atom stereocenters. The molecular formula is C26H36N6O. The van der Waals surface area contributed by atoms with Gasteiger partial charge >= 0.3 is 0 Å². The Kier molecular flexibility index (Phi) is 6.47. The molecule has 0 N–H and O–H groups in total. The van der Waals surface area contributed by atoms with Crippen molar-refractivity contribution in [1.82, 2.24) is 15.0 Å². The van der Waals surface area contributed by atoms with E-state index in [1.165, 1.54) is 38.5 Å². The normalized spacial score (nSPS) is 21.2. The average molecular weight is 449 g/mol. The zero-order valence-electron chi connectivity index (χ0n) is 19.9. The quantitative estimate of drug-likeness (QED) is 0.685. The first kappa shape index (κ1) is 22.1. The summed E-state index contributed by atoms with van der Waals surface area (Å²) in [5.74, 6) is 2.68. The van der Waals surface area contributed by atoms with Crippen molar-refractivity contribution >= 4 is 23.6 Å². The SMILES string of the molecule is CC(=O)C1(c2ccccc2)CCN(c2nc(N3CCCCC3)nc(N3CCCCC3)n2)CC1. The van der Waals surface area contributed by atoms with Gasteiger partial charge in [-0.1, -0.05) is 30.3 Å². The molecule has 0 atom stereocenters. The van der Waals surface area contributed by atoms with E-state index in [-0.39, 0.29) is 5.78 Å². The summed E-state index contributed by atoms with van der Waals surface area (Å²) in [6.07, 6.45) is 8.93. The second kappa shape index (κ2) is 9.65. The van der Waals surface area contributed by atoms with Crippen LogP contribution in [0.4, 0.5) is 17.8 Å². The smallest absolute Gasteiger partial charge is 0.231 e. The molecule has 0 saturated carbocycles. The minimum Gasteiger partial charge on any atom is -0.341 e. The Morgan fingerprint density at radius 3 is 1.52 bits per heavy atom. The number of hydrogen-bond donors (Lipinski definition) is 0. The van der Waals surface area contributed by atoms with Gasteiger partial charge in [0, 0.05) is 39.3 Å². The third-order valence-corrected chi connectivity index (χ3v) is 7.78. The van der Waals surface area contributed by atoms with E-state index in [1.54, 1.807) is 6.92 Å². The number of nitrogens with zero attached hydrogens (tertiary/aromatic N) is 6. The molecule has 5 rings (SSSR count). The van der Waals surface area contributed by atoms with Crippen LogP contribution in [0.1, 0.15) is 63.9 Å². The van der Waals surface area contributed by atoms with Crippen molar-refractivity contribution in [2.24, 2.45) is 0 Å². The van der Waals surface area contributed by atoms with Crippen LogP contribution in [0.5, 0.6) is 0 Å². The van der Waals surface area contributed by atoms with Crippen molar-refractivity contribution in [3.8, 4) is 0 Å². The first-order valence-corrected chi connectivity index (χ1v) is 12.7. The maximum Gasteiger partial charge on any atom is 0.231 e. The van der Waals surface area contributed by atoms with Crippen molar-refractivity contribution in [2.45, 2.75) is 63.7 Å². The van der Waals surface area contributed by atoms with Crippen LogP contribution in [0, 0.1) is 0 Å². The minimum absolute atomic E-state index is 0.256. The molecule has 0 spiro atoms. The number of ketones is 1. The molecule has 0 radical (unpaired) electrons. The number of carbonyl (C=O) groups is 1. The largest absolute Gasteiger partial charge is 0.341 e. The standard InChI is InChI=1S/C26H36N6O/c1-21(33)26(22-11-5-2-6-12-22)13-19-32(20-14-26)25-28-23(30-15-7-3-8-16-30)27-24(29-25)31-17-9-4-10-18-31/h2,5-6,11-12H,3-4,7-10,13-20H2,1H3. The Morgan fingerprint density at radius 2 is 1.09 bits per heavy atom. The van der Waals surface area contributed by atoms with E-state index in [9.17, 15) is 4.79 Å². The Morgan fingerprint density at radius 1 is 0.667 bits per heavy atom. The Hall–Kier alpha value is -2.70. The lowest BCUT2D eigenvalue weighted by Crippen LogP contribution is -2.47. The van der Waals surface area contributed by atoms with Crippen LogP contribution < -0.4 is 14.7 Å². The number of rotatable bonds is 5. The highest BCUT2D eigenvalue weighted by atomic mass is 16.1. The van der Waals surface area contributed by atoms with Crippen molar-refractivity contribution in [1.29, 1.82) is 0 Å². The molecule has 176 valence electrons. The summed E-state index contributed by atoms with van der Waals surface area (Å²) in [7, 11) is 0. The molecule has 1 aromatic carbocycles. The van der Waals surface area contributed by atoms with Gasteiger partial charge < -0.3 is 14.7 Å². The molecule has 0 bridgehead atoms.